The molecule has 6 nitrogen and oxygen atoms in total. The molecule has 0 amide bonds. The number of sulfonamides is 1. The monoisotopic (exact) mass is 437 g/mol. The molecule has 1 N–H and O–H groups in total. The van der Waals surface area contributed by atoms with Crippen molar-refractivity contribution in [2.24, 2.45) is 0 Å². The number of rotatable bonds is 6. The van der Waals surface area contributed by atoms with E-state index in [4.69, 9.17) is 44.3 Å². The summed E-state index contributed by atoms with van der Waals surface area (Å²) in [4.78, 5) is 11.6. The van der Waals surface area contributed by atoms with Crippen LogP contribution in [-0.4, -0.2) is 28.1 Å². The summed E-state index contributed by atoms with van der Waals surface area (Å²) in [5.74, 6) is -0.421. The first kappa shape index (κ1) is 20.6. The number of hydrogen-bond donors (Lipinski definition) is 1. The second-order valence-corrected chi connectivity index (χ2v) is 7.73. The SMILES string of the molecule is CCOC(=O)c1cc(NS(=O)(=O)c2ccc(OC)c(Cl)c2Cl)ccc1Cl. The van der Waals surface area contributed by atoms with Crippen molar-refractivity contribution in [3.05, 3.63) is 51.0 Å². The lowest BCUT2D eigenvalue weighted by Gasteiger charge is -2.13. The van der Waals surface area contributed by atoms with Crippen molar-refractivity contribution in [2.75, 3.05) is 18.4 Å². The summed E-state index contributed by atoms with van der Waals surface area (Å²) in [6.45, 7) is 1.80. The van der Waals surface area contributed by atoms with Crippen molar-refractivity contribution in [1.29, 1.82) is 0 Å². The number of methoxy groups -OCH3 is 1. The average molecular weight is 439 g/mol. The van der Waals surface area contributed by atoms with Crippen LogP contribution in [0.2, 0.25) is 15.1 Å². The van der Waals surface area contributed by atoms with Gasteiger partial charge in [-0.3, -0.25) is 4.72 Å². The van der Waals surface area contributed by atoms with E-state index in [2.05, 4.69) is 4.72 Å². The fraction of sp³-hybridized carbons (Fsp3) is 0.188. The first-order chi connectivity index (χ1) is 12.2. The summed E-state index contributed by atoms with van der Waals surface area (Å²) in [5, 5.41) is -0.0737. The lowest BCUT2D eigenvalue weighted by Crippen LogP contribution is -2.14. The third kappa shape index (κ3) is 4.35. The number of anilines is 1. The van der Waals surface area contributed by atoms with Crippen molar-refractivity contribution in [3.63, 3.8) is 0 Å². The number of ether oxygens (including phenoxy) is 2. The van der Waals surface area contributed by atoms with Crippen LogP contribution in [0.25, 0.3) is 0 Å². The molecule has 0 aliphatic heterocycles. The van der Waals surface area contributed by atoms with E-state index in [0.29, 0.717) is 0 Å². The summed E-state index contributed by atoms with van der Waals surface area (Å²) in [6, 6.07) is 6.71. The third-order valence-corrected chi connectivity index (χ3v) is 5.96. The first-order valence-corrected chi connectivity index (χ1v) is 9.84. The predicted octanol–water partition coefficient (Wildman–Crippen LogP) is 4.63. The highest BCUT2D eigenvalue weighted by molar-refractivity contribution is 7.92. The van der Waals surface area contributed by atoms with Crippen LogP contribution in [0.1, 0.15) is 17.3 Å². The molecule has 0 aliphatic rings. The Bertz CT molecular complexity index is 947. The molecule has 140 valence electrons. The Balaban J connectivity index is 2.40. The van der Waals surface area contributed by atoms with E-state index >= 15 is 0 Å². The van der Waals surface area contributed by atoms with Gasteiger partial charge < -0.3 is 9.47 Å². The van der Waals surface area contributed by atoms with Gasteiger partial charge in [0.1, 0.15) is 15.7 Å². The van der Waals surface area contributed by atoms with Gasteiger partial charge in [0.2, 0.25) is 0 Å². The van der Waals surface area contributed by atoms with E-state index in [1.54, 1.807) is 6.92 Å². The maximum absolute atomic E-state index is 12.6. The van der Waals surface area contributed by atoms with Crippen molar-refractivity contribution >= 4 is 56.5 Å². The molecule has 0 spiro atoms. The van der Waals surface area contributed by atoms with Crippen LogP contribution in [0, 0.1) is 0 Å². The van der Waals surface area contributed by atoms with Crippen LogP contribution >= 0.6 is 34.8 Å². The zero-order valence-electron chi connectivity index (χ0n) is 13.7. The second kappa shape index (κ2) is 8.35. The molecule has 0 saturated carbocycles. The molecule has 2 rings (SSSR count). The average Bonchev–Trinajstić information content (AvgIpc) is 2.58. The fourth-order valence-electron chi connectivity index (χ4n) is 2.04. The number of halogens is 3. The summed E-state index contributed by atoms with van der Waals surface area (Å²) in [5.41, 5.74) is 0.146. The number of hydrogen-bond acceptors (Lipinski definition) is 5. The summed E-state index contributed by atoms with van der Waals surface area (Å²) >= 11 is 18.0. The van der Waals surface area contributed by atoms with Gasteiger partial charge in [-0.15, -0.1) is 0 Å². The molecule has 2 aromatic carbocycles. The summed E-state index contributed by atoms with van der Waals surface area (Å²) in [6.07, 6.45) is 0. The molecule has 0 aliphatic carbocycles. The number of carbonyl (C=O) groups is 1. The molecule has 0 unspecified atom stereocenters. The van der Waals surface area contributed by atoms with E-state index in [1.165, 1.54) is 37.4 Å². The molecule has 10 heteroatoms. The largest absolute Gasteiger partial charge is 0.495 e. The van der Waals surface area contributed by atoms with Gasteiger partial charge in [-0.05, 0) is 37.3 Å². The van der Waals surface area contributed by atoms with Gasteiger partial charge in [0.05, 0.1) is 29.3 Å². The molecule has 26 heavy (non-hydrogen) atoms. The lowest BCUT2D eigenvalue weighted by atomic mass is 10.2. The standard InChI is InChI=1S/C16H14Cl3NO5S/c1-3-25-16(21)10-8-9(4-5-11(10)17)20-26(22,23)13-7-6-12(24-2)14(18)15(13)19/h4-8,20H,3H2,1-2H3. The van der Waals surface area contributed by atoms with Crippen LogP contribution in [-0.2, 0) is 14.8 Å². The predicted molar refractivity (Wildman–Crippen MR) is 101 cm³/mol. The number of nitrogens with one attached hydrogen (secondary N) is 1. The van der Waals surface area contributed by atoms with Gasteiger partial charge in [-0.2, -0.15) is 0 Å². The van der Waals surface area contributed by atoms with E-state index in [-0.39, 0.29) is 43.6 Å². The van der Waals surface area contributed by atoms with Gasteiger partial charge in [0.25, 0.3) is 10.0 Å². The van der Waals surface area contributed by atoms with E-state index in [9.17, 15) is 13.2 Å². The molecule has 0 radical (unpaired) electrons. The van der Waals surface area contributed by atoms with Crippen LogP contribution in [0.3, 0.4) is 0 Å². The Morgan fingerprint density at radius 2 is 1.81 bits per heavy atom. The quantitative estimate of drug-likeness (QED) is 0.665. The van der Waals surface area contributed by atoms with Crippen molar-refractivity contribution < 1.29 is 22.7 Å². The van der Waals surface area contributed by atoms with Crippen LogP contribution < -0.4 is 9.46 Å². The zero-order chi connectivity index (χ0) is 19.5. The number of esters is 1. The molecule has 0 bridgehead atoms. The van der Waals surface area contributed by atoms with Crippen molar-refractivity contribution in [1.82, 2.24) is 0 Å². The van der Waals surface area contributed by atoms with E-state index in [0.717, 1.165) is 0 Å². The van der Waals surface area contributed by atoms with E-state index in [1.807, 2.05) is 0 Å². The molecular formula is C16H14Cl3NO5S. The highest BCUT2D eigenvalue weighted by Gasteiger charge is 2.23. The topological polar surface area (TPSA) is 81.7 Å². The minimum Gasteiger partial charge on any atom is -0.495 e. The van der Waals surface area contributed by atoms with Crippen molar-refractivity contribution in [3.8, 4) is 5.75 Å². The van der Waals surface area contributed by atoms with Crippen LogP contribution in [0.5, 0.6) is 5.75 Å². The van der Waals surface area contributed by atoms with Gasteiger partial charge in [0.15, 0.2) is 0 Å². The normalized spacial score (nSPS) is 11.1. The number of benzene rings is 2. The van der Waals surface area contributed by atoms with Gasteiger partial charge >= 0.3 is 5.97 Å². The first-order valence-electron chi connectivity index (χ1n) is 7.22. The van der Waals surface area contributed by atoms with Crippen LogP contribution in [0.15, 0.2) is 35.2 Å². The summed E-state index contributed by atoms with van der Waals surface area (Å²) in [7, 11) is -2.69. The maximum Gasteiger partial charge on any atom is 0.339 e. The Morgan fingerprint density at radius 3 is 2.42 bits per heavy atom. The van der Waals surface area contributed by atoms with Crippen molar-refractivity contribution in [2.45, 2.75) is 11.8 Å². The van der Waals surface area contributed by atoms with Gasteiger partial charge in [-0.1, -0.05) is 34.8 Å². The third-order valence-electron chi connectivity index (χ3n) is 3.23. The van der Waals surface area contributed by atoms with Gasteiger partial charge in [0, 0.05) is 5.69 Å². The summed E-state index contributed by atoms with van der Waals surface area (Å²) < 4.78 is 37.4. The molecule has 0 atom stereocenters. The second-order valence-electron chi connectivity index (χ2n) is 4.91. The number of carbonyl (C=O) groups excluding carboxylic acids is 1. The molecule has 0 saturated heterocycles. The minimum atomic E-state index is -4.08. The molecule has 0 aromatic heterocycles. The maximum atomic E-state index is 12.6. The van der Waals surface area contributed by atoms with E-state index < -0.39 is 16.0 Å². The van der Waals surface area contributed by atoms with Crippen LogP contribution in [0.4, 0.5) is 5.69 Å². The highest BCUT2D eigenvalue weighted by Crippen LogP contribution is 2.37. The Hall–Kier alpha value is -1.67. The molecular weight excluding hydrogens is 425 g/mol. The highest BCUT2D eigenvalue weighted by atomic mass is 35.5. The molecule has 2 aromatic rings. The smallest absolute Gasteiger partial charge is 0.339 e. The fourth-order valence-corrected chi connectivity index (χ4v) is 4.13. The Kier molecular flexibility index (Phi) is 6.63. The zero-order valence-corrected chi connectivity index (χ0v) is 16.8. The molecule has 0 fully saturated rings. The Labute approximate surface area is 166 Å². The molecule has 0 heterocycles. The Morgan fingerprint density at radius 1 is 1.12 bits per heavy atom. The van der Waals surface area contributed by atoms with Gasteiger partial charge in [-0.25, -0.2) is 13.2 Å². The lowest BCUT2D eigenvalue weighted by molar-refractivity contribution is 0.0526. The minimum absolute atomic E-state index is 0.0274.